The monoisotopic (exact) mass is 306 g/mol. The SMILES string of the molecule is FC(F)(F)/C=C(/I)C(F)(F)Cl. The Morgan fingerprint density at radius 2 is 1.55 bits per heavy atom. The summed E-state index contributed by atoms with van der Waals surface area (Å²) in [6.07, 6.45) is -5.30. The predicted octanol–water partition coefficient (Wildman–Crippen LogP) is 3.70. The average Bonchev–Trinajstić information content (AvgIpc) is 1.56. The number of rotatable bonds is 1. The molecule has 0 aromatic carbocycles. The van der Waals surface area contributed by atoms with E-state index in [9.17, 15) is 22.0 Å². The van der Waals surface area contributed by atoms with Gasteiger partial charge in [0.05, 0.1) is 3.58 Å². The molecule has 0 bridgehead atoms. The molecule has 11 heavy (non-hydrogen) atoms. The number of alkyl halides is 6. The Morgan fingerprint density at radius 3 is 1.64 bits per heavy atom. The third kappa shape index (κ3) is 5.66. The van der Waals surface area contributed by atoms with Crippen LogP contribution in [0.5, 0.6) is 0 Å². The van der Waals surface area contributed by atoms with Gasteiger partial charge in [-0.1, -0.05) is 0 Å². The molecular formula is C4HClF5I. The van der Waals surface area contributed by atoms with E-state index in [2.05, 4.69) is 11.6 Å². The van der Waals surface area contributed by atoms with Gasteiger partial charge in [0.15, 0.2) is 0 Å². The lowest BCUT2D eigenvalue weighted by molar-refractivity contribution is -0.0812. The number of hydrogen-bond acceptors (Lipinski definition) is 0. The standard InChI is InChI=1S/C4HClF5I/c5-4(9,10)2(11)1-3(6,7)8/h1H/b2-1+. The molecule has 0 nitrogen and oxygen atoms in total. The molecule has 0 radical (unpaired) electrons. The van der Waals surface area contributed by atoms with Crippen molar-refractivity contribution >= 4 is 34.2 Å². The number of allylic oxidation sites excluding steroid dienone is 2. The second-order valence-electron chi connectivity index (χ2n) is 1.53. The van der Waals surface area contributed by atoms with Crippen LogP contribution in [0.4, 0.5) is 22.0 Å². The van der Waals surface area contributed by atoms with E-state index < -0.39 is 21.2 Å². The van der Waals surface area contributed by atoms with Gasteiger partial charge in [-0.2, -0.15) is 22.0 Å². The van der Waals surface area contributed by atoms with Crippen LogP contribution in [0.3, 0.4) is 0 Å². The molecule has 0 fully saturated rings. The first-order chi connectivity index (χ1) is 4.63. The second kappa shape index (κ2) is 3.42. The van der Waals surface area contributed by atoms with E-state index in [1.54, 1.807) is 0 Å². The Labute approximate surface area is 77.5 Å². The minimum Gasteiger partial charge on any atom is -0.183 e. The molecule has 0 unspecified atom stereocenters. The van der Waals surface area contributed by atoms with Gasteiger partial charge < -0.3 is 0 Å². The fourth-order valence-electron chi connectivity index (χ4n) is 0.226. The lowest BCUT2D eigenvalue weighted by atomic mass is 10.5. The highest BCUT2D eigenvalue weighted by molar-refractivity contribution is 14.1. The Morgan fingerprint density at radius 1 is 1.18 bits per heavy atom. The Bertz CT molecular complexity index is 166. The average molecular weight is 306 g/mol. The highest BCUT2D eigenvalue weighted by Gasteiger charge is 2.34. The van der Waals surface area contributed by atoms with Crippen LogP contribution in [-0.4, -0.2) is 11.6 Å². The molecule has 0 aromatic heterocycles. The molecule has 7 heteroatoms. The third-order valence-electron chi connectivity index (χ3n) is 0.561. The van der Waals surface area contributed by atoms with Crippen molar-refractivity contribution < 1.29 is 22.0 Å². The van der Waals surface area contributed by atoms with Crippen molar-refractivity contribution in [1.29, 1.82) is 0 Å². The van der Waals surface area contributed by atoms with Crippen LogP contribution in [0.2, 0.25) is 0 Å². The fraction of sp³-hybridized carbons (Fsp3) is 0.500. The molecule has 0 spiro atoms. The van der Waals surface area contributed by atoms with Gasteiger partial charge in [-0.05, 0) is 34.2 Å². The zero-order chi connectivity index (χ0) is 9.28. The van der Waals surface area contributed by atoms with Crippen LogP contribution < -0.4 is 0 Å². The summed E-state index contributed by atoms with van der Waals surface area (Å²) in [5.74, 6) is 0. The van der Waals surface area contributed by atoms with Crippen molar-refractivity contribution in [2.45, 2.75) is 11.6 Å². The summed E-state index contributed by atoms with van der Waals surface area (Å²) < 4.78 is 56.5. The largest absolute Gasteiger partial charge is 0.410 e. The van der Waals surface area contributed by atoms with Crippen LogP contribution >= 0.6 is 34.2 Å². The highest BCUT2D eigenvalue weighted by Crippen LogP contribution is 2.36. The van der Waals surface area contributed by atoms with E-state index in [4.69, 9.17) is 0 Å². The van der Waals surface area contributed by atoms with Crippen molar-refractivity contribution in [3.8, 4) is 0 Å². The summed E-state index contributed by atoms with van der Waals surface area (Å²) in [6.45, 7) is 0. The quantitative estimate of drug-likeness (QED) is 0.394. The fourth-order valence-corrected chi connectivity index (χ4v) is 0.633. The summed E-state index contributed by atoms with van der Waals surface area (Å²) in [5.41, 5.74) is 0. The Hall–Kier alpha value is 0.410. The van der Waals surface area contributed by atoms with Crippen molar-refractivity contribution in [3.63, 3.8) is 0 Å². The summed E-state index contributed by atoms with van der Waals surface area (Å²) in [4.78, 5) is 0. The normalized spacial score (nSPS) is 15.4. The molecule has 66 valence electrons. The molecule has 0 heterocycles. The lowest BCUT2D eigenvalue weighted by Gasteiger charge is -2.07. The van der Waals surface area contributed by atoms with Crippen molar-refractivity contribution in [3.05, 3.63) is 9.66 Å². The van der Waals surface area contributed by atoms with Gasteiger partial charge in [-0.3, -0.25) is 0 Å². The molecule has 0 N–H and O–H groups in total. The van der Waals surface area contributed by atoms with Crippen LogP contribution in [0.1, 0.15) is 0 Å². The van der Waals surface area contributed by atoms with Gasteiger partial charge >= 0.3 is 11.6 Å². The highest BCUT2D eigenvalue weighted by atomic mass is 127. The molecule has 0 aromatic rings. The molecular weight excluding hydrogens is 305 g/mol. The van der Waals surface area contributed by atoms with Crippen LogP contribution in [-0.2, 0) is 0 Å². The summed E-state index contributed by atoms with van der Waals surface area (Å²) in [7, 11) is 0. The Kier molecular flexibility index (Phi) is 3.55. The predicted molar refractivity (Wildman–Crippen MR) is 39.0 cm³/mol. The van der Waals surface area contributed by atoms with Gasteiger partial charge in [0.2, 0.25) is 0 Å². The molecule has 0 saturated carbocycles. The summed E-state index contributed by atoms with van der Waals surface area (Å²) in [5, 5.41) is -3.93. The van der Waals surface area contributed by atoms with Gasteiger partial charge in [0.1, 0.15) is 0 Å². The van der Waals surface area contributed by atoms with Crippen LogP contribution in [0, 0.1) is 0 Å². The van der Waals surface area contributed by atoms with E-state index in [0.29, 0.717) is 0 Å². The zero-order valence-electron chi connectivity index (χ0n) is 4.72. The van der Waals surface area contributed by atoms with Crippen molar-refractivity contribution in [2.75, 3.05) is 0 Å². The van der Waals surface area contributed by atoms with E-state index in [1.165, 1.54) is 0 Å². The summed E-state index contributed by atoms with van der Waals surface area (Å²) >= 11 is 5.11. The maximum atomic E-state index is 11.8. The zero-order valence-corrected chi connectivity index (χ0v) is 7.64. The van der Waals surface area contributed by atoms with Crippen LogP contribution in [0.15, 0.2) is 9.66 Å². The van der Waals surface area contributed by atoms with Gasteiger partial charge in [-0.25, -0.2) is 0 Å². The van der Waals surface area contributed by atoms with E-state index in [0.717, 1.165) is 22.6 Å². The van der Waals surface area contributed by atoms with Gasteiger partial charge in [0, 0.05) is 6.08 Å². The van der Waals surface area contributed by atoms with Gasteiger partial charge in [-0.15, -0.1) is 0 Å². The maximum Gasteiger partial charge on any atom is 0.410 e. The molecule has 0 saturated heterocycles. The molecule has 0 rings (SSSR count). The first-order valence-electron chi connectivity index (χ1n) is 2.15. The van der Waals surface area contributed by atoms with Crippen molar-refractivity contribution in [1.82, 2.24) is 0 Å². The minimum atomic E-state index is -4.76. The minimum absolute atomic E-state index is 0.541. The lowest BCUT2D eigenvalue weighted by Crippen LogP contribution is -2.10. The molecule has 0 atom stereocenters. The second-order valence-corrected chi connectivity index (χ2v) is 3.17. The van der Waals surface area contributed by atoms with Gasteiger partial charge in [0.25, 0.3) is 0 Å². The summed E-state index contributed by atoms with van der Waals surface area (Å²) in [6, 6.07) is 0. The Balaban J connectivity index is 4.49. The first-order valence-corrected chi connectivity index (χ1v) is 3.61. The molecule has 0 aliphatic rings. The molecule has 0 aliphatic carbocycles. The molecule has 0 amide bonds. The molecule has 0 aliphatic heterocycles. The maximum absolute atomic E-state index is 11.8. The number of halogens is 7. The van der Waals surface area contributed by atoms with E-state index >= 15 is 0 Å². The van der Waals surface area contributed by atoms with E-state index in [1.807, 2.05) is 0 Å². The smallest absolute Gasteiger partial charge is 0.183 e. The van der Waals surface area contributed by atoms with Crippen molar-refractivity contribution in [2.24, 2.45) is 0 Å². The van der Waals surface area contributed by atoms with E-state index in [-0.39, 0.29) is 0 Å². The first kappa shape index (κ1) is 11.4. The number of hydrogen-bond donors (Lipinski definition) is 0. The topological polar surface area (TPSA) is 0 Å². The third-order valence-corrected chi connectivity index (χ3v) is 2.07. The van der Waals surface area contributed by atoms with Crippen LogP contribution in [0.25, 0.3) is 0 Å².